The minimum absolute atomic E-state index is 0.113. The van der Waals surface area contributed by atoms with Crippen LogP contribution in [0.25, 0.3) is 16.8 Å². The van der Waals surface area contributed by atoms with E-state index in [4.69, 9.17) is 9.84 Å². The normalized spacial score (nSPS) is 10.8. The molecule has 2 aromatic carbocycles. The number of benzene rings is 2. The molecule has 4 rings (SSSR count). The summed E-state index contributed by atoms with van der Waals surface area (Å²) in [5.41, 5.74) is 6.42. The molecule has 0 aliphatic heterocycles. The van der Waals surface area contributed by atoms with Gasteiger partial charge >= 0.3 is 5.97 Å². The Labute approximate surface area is 192 Å². The number of aryl methyl sites for hydroxylation is 3. The van der Waals surface area contributed by atoms with Gasteiger partial charge in [-0.25, -0.2) is 9.48 Å². The number of hydrogen-bond donors (Lipinski definition) is 2. The summed E-state index contributed by atoms with van der Waals surface area (Å²) in [6.07, 6.45) is 4.19. The zero-order valence-corrected chi connectivity index (χ0v) is 19.1. The Kier molecular flexibility index (Phi) is 6.13. The van der Waals surface area contributed by atoms with Crippen molar-refractivity contribution in [3.8, 4) is 22.6 Å². The summed E-state index contributed by atoms with van der Waals surface area (Å²) < 4.78 is 7.10. The van der Waals surface area contributed by atoms with Crippen LogP contribution in [-0.2, 0) is 6.42 Å². The maximum Gasteiger partial charge on any atom is 0.337 e. The number of rotatable bonds is 7. The Morgan fingerprint density at radius 2 is 1.85 bits per heavy atom. The van der Waals surface area contributed by atoms with Crippen molar-refractivity contribution in [1.82, 2.24) is 14.8 Å². The largest absolute Gasteiger partial charge is 0.497 e. The van der Waals surface area contributed by atoms with E-state index in [0.717, 1.165) is 33.6 Å². The summed E-state index contributed by atoms with van der Waals surface area (Å²) in [5.74, 6) is 0.124. The number of carbonyl (C=O) groups is 1. The van der Waals surface area contributed by atoms with Gasteiger partial charge in [-0.2, -0.15) is 5.10 Å². The number of carboxylic acid groups (broad SMARTS) is 1. The monoisotopic (exact) mass is 442 g/mol. The fourth-order valence-corrected chi connectivity index (χ4v) is 3.83. The molecule has 168 valence electrons. The molecule has 0 radical (unpaired) electrons. The van der Waals surface area contributed by atoms with Crippen LogP contribution in [0.15, 0.2) is 60.9 Å². The molecule has 0 saturated heterocycles. The zero-order valence-electron chi connectivity index (χ0n) is 19.1. The van der Waals surface area contributed by atoms with Crippen molar-refractivity contribution in [1.29, 1.82) is 0 Å². The van der Waals surface area contributed by atoms with Gasteiger partial charge < -0.3 is 15.2 Å². The van der Waals surface area contributed by atoms with Crippen LogP contribution in [0, 0.1) is 13.8 Å². The maximum atomic E-state index is 12.0. The van der Waals surface area contributed by atoms with Gasteiger partial charge in [0.1, 0.15) is 11.6 Å². The van der Waals surface area contributed by atoms with Crippen molar-refractivity contribution >= 4 is 17.5 Å². The van der Waals surface area contributed by atoms with E-state index in [0.29, 0.717) is 23.7 Å². The predicted octanol–water partition coefficient (Wildman–Crippen LogP) is 5.56. The number of hydrogen-bond acceptors (Lipinski definition) is 5. The van der Waals surface area contributed by atoms with E-state index in [9.17, 15) is 9.90 Å². The number of anilines is 2. The van der Waals surface area contributed by atoms with Crippen LogP contribution in [0.3, 0.4) is 0 Å². The van der Waals surface area contributed by atoms with E-state index in [2.05, 4.69) is 35.4 Å². The Bertz CT molecular complexity index is 1310. The zero-order chi connectivity index (χ0) is 23.5. The molecule has 0 fully saturated rings. The van der Waals surface area contributed by atoms with Crippen molar-refractivity contribution in [3.05, 3.63) is 83.3 Å². The molecule has 7 heteroatoms. The van der Waals surface area contributed by atoms with Gasteiger partial charge in [0, 0.05) is 18.0 Å². The lowest BCUT2D eigenvalue weighted by Gasteiger charge is -2.16. The van der Waals surface area contributed by atoms with Crippen LogP contribution >= 0.6 is 0 Å². The molecule has 0 aliphatic carbocycles. The predicted molar refractivity (Wildman–Crippen MR) is 129 cm³/mol. The molecule has 2 heterocycles. The molecule has 0 spiro atoms. The second-order valence-corrected chi connectivity index (χ2v) is 7.80. The van der Waals surface area contributed by atoms with Gasteiger partial charge in [-0.3, -0.25) is 4.98 Å². The van der Waals surface area contributed by atoms with Crippen LogP contribution in [0.1, 0.15) is 34.1 Å². The van der Waals surface area contributed by atoms with E-state index < -0.39 is 5.97 Å². The maximum absolute atomic E-state index is 12.0. The summed E-state index contributed by atoms with van der Waals surface area (Å²) in [6.45, 7) is 6.13. The average Bonchev–Trinajstić information content (AvgIpc) is 3.19. The van der Waals surface area contributed by atoms with Crippen molar-refractivity contribution in [2.24, 2.45) is 0 Å². The molecular formula is C26H26N4O3. The quantitative estimate of drug-likeness (QED) is 0.389. The lowest BCUT2D eigenvalue weighted by molar-refractivity contribution is 0.0697. The second-order valence-electron chi connectivity index (χ2n) is 7.80. The molecule has 0 amide bonds. The number of carboxylic acids is 1. The van der Waals surface area contributed by atoms with Crippen LogP contribution in [0.5, 0.6) is 5.75 Å². The topological polar surface area (TPSA) is 89.3 Å². The average molecular weight is 443 g/mol. The third-order valence-corrected chi connectivity index (χ3v) is 5.56. The standard InChI is InChI=1S/C26H26N4O3/c1-5-21-24(18-10-12-27-13-11-18)25(30(29-21)23-14-16(2)6-7-17(23)3)28-22-9-8-19(33-4)15-20(22)26(31)32/h6-15,28H,5H2,1-4H3,(H,31,32). The second kappa shape index (κ2) is 9.16. The molecule has 33 heavy (non-hydrogen) atoms. The molecule has 2 aromatic heterocycles. The molecule has 0 aliphatic rings. The van der Waals surface area contributed by atoms with Crippen molar-refractivity contribution < 1.29 is 14.6 Å². The number of nitrogens with one attached hydrogen (secondary N) is 1. The van der Waals surface area contributed by atoms with Crippen molar-refractivity contribution in [3.63, 3.8) is 0 Å². The number of methoxy groups -OCH3 is 1. The first-order chi connectivity index (χ1) is 15.9. The van der Waals surface area contributed by atoms with Gasteiger partial charge in [0.15, 0.2) is 0 Å². The molecule has 2 N–H and O–H groups in total. The van der Waals surface area contributed by atoms with Gasteiger partial charge in [-0.1, -0.05) is 19.1 Å². The Morgan fingerprint density at radius 1 is 1.09 bits per heavy atom. The number of aromatic nitrogens is 3. The van der Waals surface area contributed by atoms with Gasteiger partial charge in [0.25, 0.3) is 0 Å². The summed E-state index contributed by atoms with van der Waals surface area (Å²) in [5, 5.41) is 18.2. The third-order valence-electron chi connectivity index (χ3n) is 5.56. The smallest absolute Gasteiger partial charge is 0.337 e. The molecule has 4 aromatic rings. The number of ether oxygens (including phenoxy) is 1. The third kappa shape index (κ3) is 4.30. The SMILES string of the molecule is CCc1nn(-c2cc(C)ccc2C)c(Nc2ccc(OC)cc2C(=O)O)c1-c1ccncc1. The molecule has 0 unspecified atom stereocenters. The lowest BCUT2D eigenvalue weighted by atomic mass is 10.0. The first kappa shape index (κ1) is 22.1. The Hall–Kier alpha value is -4.13. The van der Waals surface area contributed by atoms with E-state index >= 15 is 0 Å². The fourth-order valence-electron chi connectivity index (χ4n) is 3.83. The number of nitrogens with zero attached hydrogens (tertiary/aromatic N) is 3. The van der Waals surface area contributed by atoms with E-state index in [1.165, 1.54) is 13.2 Å². The molecule has 7 nitrogen and oxygen atoms in total. The summed E-state index contributed by atoms with van der Waals surface area (Å²) in [6, 6.07) is 15.0. The summed E-state index contributed by atoms with van der Waals surface area (Å²) in [7, 11) is 1.51. The van der Waals surface area contributed by atoms with Gasteiger partial charge in [-0.05, 0) is 73.4 Å². The number of aromatic carboxylic acids is 1. The summed E-state index contributed by atoms with van der Waals surface area (Å²) in [4.78, 5) is 16.2. The summed E-state index contributed by atoms with van der Waals surface area (Å²) >= 11 is 0. The minimum atomic E-state index is -1.05. The van der Waals surface area contributed by atoms with E-state index in [1.54, 1.807) is 24.5 Å². The lowest BCUT2D eigenvalue weighted by Crippen LogP contribution is -2.08. The highest BCUT2D eigenvalue weighted by Gasteiger charge is 2.23. The minimum Gasteiger partial charge on any atom is -0.497 e. The van der Waals surface area contributed by atoms with E-state index in [-0.39, 0.29) is 5.56 Å². The van der Waals surface area contributed by atoms with Crippen LogP contribution in [0.2, 0.25) is 0 Å². The molecule has 0 atom stereocenters. The highest BCUT2D eigenvalue weighted by Crippen LogP contribution is 2.37. The Balaban J connectivity index is 1.99. The highest BCUT2D eigenvalue weighted by molar-refractivity contribution is 5.96. The van der Waals surface area contributed by atoms with E-state index in [1.807, 2.05) is 30.7 Å². The molecular weight excluding hydrogens is 416 g/mol. The Morgan fingerprint density at radius 3 is 2.52 bits per heavy atom. The van der Waals surface area contributed by atoms with Gasteiger partial charge in [0.05, 0.1) is 29.7 Å². The van der Waals surface area contributed by atoms with Crippen LogP contribution in [-0.4, -0.2) is 33.0 Å². The van der Waals surface area contributed by atoms with Crippen LogP contribution < -0.4 is 10.1 Å². The highest BCUT2D eigenvalue weighted by atomic mass is 16.5. The first-order valence-corrected chi connectivity index (χ1v) is 10.7. The molecule has 0 saturated carbocycles. The first-order valence-electron chi connectivity index (χ1n) is 10.7. The van der Waals surface area contributed by atoms with Gasteiger partial charge in [0.2, 0.25) is 0 Å². The van der Waals surface area contributed by atoms with Crippen molar-refractivity contribution in [2.45, 2.75) is 27.2 Å². The number of pyridine rings is 1. The fraction of sp³-hybridized carbons (Fsp3) is 0.192. The van der Waals surface area contributed by atoms with Crippen molar-refractivity contribution in [2.75, 3.05) is 12.4 Å². The van der Waals surface area contributed by atoms with Crippen LogP contribution in [0.4, 0.5) is 11.5 Å². The van der Waals surface area contributed by atoms with Gasteiger partial charge in [-0.15, -0.1) is 0 Å². The molecule has 0 bridgehead atoms.